The van der Waals surface area contributed by atoms with E-state index in [4.69, 9.17) is 15.4 Å². The van der Waals surface area contributed by atoms with E-state index in [0.717, 1.165) is 36.7 Å². The van der Waals surface area contributed by atoms with Crippen molar-refractivity contribution in [2.45, 2.75) is 44.7 Å². The molecule has 1 aromatic carbocycles. The van der Waals surface area contributed by atoms with Crippen LogP contribution in [0.1, 0.15) is 54.8 Å². The molecule has 1 saturated carbocycles. The van der Waals surface area contributed by atoms with Crippen LogP contribution >= 0.6 is 0 Å². The Bertz CT molecular complexity index is 1320. The molecule has 0 radical (unpaired) electrons. The lowest BCUT2D eigenvalue weighted by Crippen LogP contribution is -2.37. The van der Waals surface area contributed by atoms with E-state index in [1.165, 1.54) is 17.2 Å². The average Bonchev–Trinajstić information content (AvgIpc) is 3.51. The first-order chi connectivity index (χ1) is 16.6. The Hall–Kier alpha value is -3.82. The molecule has 0 spiro atoms. The van der Waals surface area contributed by atoms with Gasteiger partial charge in [0, 0.05) is 25.1 Å². The lowest BCUT2D eigenvalue weighted by atomic mass is 9.81. The van der Waals surface area contributed by atoms with Crippen molar-refractivity contribution in [2.24, 2.45) is 11.8 Å². The molecule has 1 aliphatic carbocycles. The van der Waals surface area contributed by atoms with Crippen molar-refractivity contribution in [3.05, 3.63) is 59.2 Å². The molecule has 2 fully saturated rings. The van der Waals surface area contributed by atoms with Gasteiger partial charge in [0.2, 0.25) is 5.91 Å². The van der Waals surface area contributed by atoms with E-state index in [0.29, 0.717) is 36.6 Å². The van der Waals surface area contributed by atoms with Crippen molar-refractivity contribution in [1.29, 1.82) is 10.5 Å². The van der Waals surface area contributed by atoms with Crippen molar-refractivity contribution >= 4 is 16.9 Å². The van der Waals surface area contributed by atoms with E-state index >= 15 is 0 Å². The van der Waals surface area contributed by atoms with E-state index < -0.39 is 5.82 Å². The average molecular weight is 458 g/mol. The zero-order chi connectivity index (χ0) is 23.7. The molecule has 34 heavy (non-hydrogen) atoms. The Balaban J connectivity index is 1.23. The zero-order valence-corrected chi connectivity index (χ0v) is 18.5. The topological polar surface area (TPSA) is 108 Å². The highest BCUT2D eigenvalue weighted by Gasteiger charge is 2.37. The van der Waals surface area contributed by atoms with Gasteiger partial charge in [-0.05, 0) is 61.4 Å². The maximum atomic E-state index is 14.0. The van der Waals surface area contributed by atoms with Crippen LogP contribution in [-0.2, 0) is 16.2 Å². The molecule has 1 amide bonds. The van der Waals surface area contributed by atoms with E-state index in [1.807, 2.05) is 10.8 Å². The summed E-state index contributed by atoms with van der Waals surface area (Å²) in [5.41, 5.74) is 2.93. The van der Waals surface area contributed by atoms with Gasteiger partial charge in [-0.1, -0.05) is 0 Å². The number of aromatic nitrogens is 3. The monoisotopic (exact) mass is 458 g/mol. The lowest BCUT2D eigenvalue weighted by molar-refractivity contribution is -0.183. The summed E-state index contributed by atoms with van der Waals surface area (Å²) < 4.78 is 15.9. The van der Waals surface area contributed by atoms with Crippen LogP contribution in [0.4, 0.5) is 4.39 Å². The smallest absolute Gasteiger partial charge is 0.249 e. The number of nitrogens with zero attached hydrogens (tertiary/aromatic N) is 6. The van der Waals surface area contributed by atoms with Crippen molar-refractivity contribution in [2.75, 3.05) is 6.61 Å². The van der Waals surface area contributed by atoms with Crippen molar-refractivity contribution < 1.29 is 14.0 Å². The van der Waals surface area contributed by atoms with Gasteiger partial charge in [0.1, 0.15) is 17.4 Å². The SMILES string of the molecule is N#Cc1cc(F)cc([C@@H]2CCON2C(=O)[C@H]2CC[C@H](Cn3ncc4ncc(C#N)cc43)CC2)c1. The lowest BCUT2D eigenvalue weighted by Gasteiger charge is -2.32. The van der Waals surface area contributed by atoms with Crippen molar-refractivity contribution in [3.8, 4) is 12.1 Å². The van der Waals surface area contributed by atoms with E-state index in [9.17, 15) is 9.18 Å². The van der Waals surface area contributed by atoms with Crippen molar-refractivity contribution in [3.63, 3.8) is 0 Å². The normalized spacial score (nSPS) is 22.4. The molecule has 5 rings (SSSR count). The summed E-state index contributed by atoms with van der Waals surface area (Å²) in [6.07, 6.45) is 7.05. The highest BCUT2D eigenvalue weighted by molar-refractivity contribution is 5.78. The molecule has 1 aliphatic heterocycles. The summed E-state index contributed by atoms with van der Waals surface area (Å²) in [5, 5.41) is 24.2. The fraction of sp³-hybridized carbons (Fsp3) is 0.400. The van der Waals surface area contributed by atoms with E-state index in [2.05, 4.69) is 16.2 Å². The minimum Gasteiger partial charge on any atom is -0.272 e. The standard InChI is InChI=1S/C25H23FN6O2/c26-21-8-17(11-27)7-20(10-21)23-5-6-34-32(23)25(33)19-3-1-16(2-4-19)15-31-24-9-18(12-28)13-29-22(24)14-30-31/h7-10,13-14,16,19,23H,1-6,15H2/t16-,19-,23-/m0/s1. The first-order valence-corrected chi connectivity index (χ1v) is 11.4. The molecule has 8 nitrogen and oxygen atoms in total. The summed E-state index contributed by atoms with van der Waals surface area (Å²) in [7, 11) is 0. The quantitative estimate of drug-likeness (QED) is 0.584. The first kappa shape index (κ1) is 22.0. The summed E-state index contributed by atoms with van der Waals surface area (Å²) >= 11 is 0. The molecule has 0 unspecified atom stereocenters. The Labute approximate surface area is 196 Å². The number of benzene rings is 1. The number of hydroxylamine groups is 2. The minimum atomic E-state index is -0.489. The van der Waals surface area contributed by atoms with Crippen molar-refractivity contribution in [1.82, 2.24) is 19.8 Å². The Morgan fingerprint density at radius 1 is 1.06 bits per heavy atom. The summed E-state index contributed by atoms with van der Waals surface area (Å²) in [4.78, 5) is 23.2. The third kappa shape index (κ3) is 4.23. The molecule has 9 heteroatoms. The van der Waals surface area contributed by atoms with Gasteiger partial charge < -0.3 is 0 Å². The van der Waals surface area contributed by atoms with Crippen LogP contribution < -0.4 is 0 Å². The fourth-order valence-electron chi connectivity index (χ4n) is 5.04. The highest BCUT2D eigenvalue weighted by atomic mass is 19.1. The van der Waals surface area contributed by atoms with Gasteiger partial charge in [0.05, 0.1) is 41.6 Å². The molecule has 1 saturated heterocycles. The van der Waals surface area contributed by atoms with Crippen LogP contribution in [0.15, 0.2) is 36.7 Å². The second-order valence-corrected chi connectivity index (χ2v) is 8.97. The number of hydrogen-bond donors (Lipinski definition) is 0. The number of amides is 1. The molecule has 3 aromatic rings. The molecule has 0 bridgehead atoms. The highest BCUT2D eigenvalue weighted by Crippen LogP contribution is 2.37. The third-order valence-electron chi connectivity index (χ3n) is 6.81. The van der Waals surface area contributed by atoms with Crippen LogP contribution in [0.25, 0.3) is 11.0 Å². The summed E-state index contributed by atoms with van der Waals surface area (Å²) in [6.45, 7) is 1.10. The molecule has 172 valence electrons. The minimum absolute atomic E-state index is 0.0730. The number of rotatable bonds is 4. The van der Waals surface area contributed by atoms with Crippen LogP contribution in [0.5, 0.6) is 0 Å². The number of pyridine rings is 1. The molecule has 1 atom stereocenters. The predicted molar refractivity (Wildman–Crippen MR) is 119 cm³/mol. The van der Waals surface area contributed by atoms with E-state index in [-0.39, 0.29) is 23.4 Å². The molecule has 3 heterocycles. The Morgan fingerprint density at radius 3 is 2.62 bits per heavy atom. The maximum Gasteiger partial charge on any atom is 0.249 e. The van der Waals surface area contributed by atoms with Gasteiger partial charge in [0.25, 0.3) is 0 Å². The fourth-order valence-corrected chi connectivity index (χ4v) is 5.04. The number of fused-ring (bicyclic) bond motifs is 1. The second-order valence-electron chi connectivity index (χ2n) is 8.97. The predicted octanol–water partition coefficient (Wildman–Crippen LogP) is 4.03. The number of carbonyl (C=O) groups excluding carboxylic acids is 1. The largest absolute Gasteiger partial charge is 0.272 e. The van der Waals surface area contributed by atoms with Crippen LogP contribution in [0.2, 0.25) is 0 Å². The molecule has 0 N–H and O–H groups in total. The van der Waals surface area contributed by atoms with Gasteiger partial charge in [-0.2, -0.15) is 15.6 Å². The molecular weight excluding hydrogens is 435 g/mol. The van der Waals surface area contributed by atoms with Crippen LogP contribution in [0, 0.1) is 40.3 Å². The maximum absolute atomic E-state index is 14.0. The van der Waals surface area contributed by atoms with Gasteiger partial charge in [-0.3, -0.25) is 19.3 Å². The Kier molecular flexibility index (Phi) is 5.95. The van der Waals surface area contributed by atoms with Crippen LogP contribution in [-0.4, -0.2) is 32.3 Å². The third-order valence-corrected chi connectivity index (χ3v) is 6.81. The van der Waals surface area contributed by atoms with Gasteiger partial charge in [-0.15, -0.1) is 0 Å². The number of carbonyl (C=O) groups is 1. The van der Waals surface area contributed by atoms with E-state index in [1.54, 1.807) is 24.5 Å². The second kappa shape index (κ2) is 9.20. The first-order valence-electron chi connectivity index (χ1n) is 11.4. The summed E-state index contributed by atoms with van der Waals surface area (Å²) in [5.74, 6) is -0.343. The van der Waals surface area contributed by atoms with Gasteiger partial charge in [0.15, 0.2) is 0 Å². The number of halogens is 1. The zero-order valence-electron chi connectivity index (χ0n) is 18.5. The number of nitriles is 2. The van der Waals surface area contributed by atoms with Gasteiger partial charge in [-0.25, -0.2) is 9.45 Å². The molecule has 2 aromatic heterocycles. The Morgan fingerprint density at radius 2 is 1.85 bits per heavy atom. The van der Waals surface area contributed by atoms with Gasteiger partial charge >= 0.3 is 0 Å². The molecular formula is C25H23FN6O2. The number of hydrogen-bond acceptors (Lipinski definition) is 6. The molecule has 2 aliphatic rings. The van der Waals surface area contributed by atoms with Crippen LogP contribution in [0.3, 0.4) is 0 Å². The summed E-state index contributed by atoms with van der Waals surface area (Å²) in [6, 6.07) is 9.69.